The van der Waals surface area contributed by atoms with Crippen LogP contribution < -0.4 is 4.90 Å². The van der Waals surface area contributed by atoms with Gasteiger partial charge in [0.15, 0.2) is 0 Å². The number of aryl methyl sites for hydroxylation is 1. The van der Waals surface area contributed by atoms with Crippen LogP contribution in [0.1, 0.15) is 52.1 Å². The molecule has 3 atom stereocenters. The van der Waals surface area contributed by atoms with Gasteiger partial charge < -0.3 is 9.47 Å². The summed E-state index contributed by atoms with van der Waals surface area (Å²) in [4.78, 5) is 2.50. The number of allylic oxidation sites excluding steroid dienone is 2. The second kappa shape index (κ2) is 16.9. The Labute approximate surface area is 418 Å². The molecule has 0 fully saturated rings. The summed E-state index contributed by atoms with van der Waals surface area (Å²) >= 11 is 0. The third kappa shape index (κ3) is 6.43. The Hall–Kier alpha value is -9.49. The smallest absolute Gasteiger partial charge is 0.0991 e. The maximum Gasteiger partial charge on any atom is 0.0991 e. The van der Waals surface area contributed by atoms with Crippen LogP contribution in [0.3, 0.4) is 0 Å². The number of rotatable bonds is 8. The fourth-order valence-corrected chi connectivity index (χ4v) is 12.0. The minimum Gasteiger partial charge on any atom is -0.333 e. The number of hydrogen-bond acceptors (Lipinski definition) is 4. The predicted octanol–water partition coefficient (Wildman–Crippen LogP) is 16.3. The van der Waals surface area contributed by atoms with Crippen molar-refractivity contribution in [1.29, 1.82) is 10.5 Å². The summed E-state index contributed by atoms with van der Waals surface area (Å²) in [6, 6.07) is 71.3. The zero-order valence-corrected chi connectivity index (χ0v) is 39.8. The Morgan fingerprint density at radius 2 is 1.19 bits per heavy atom. The Morgan fingerprint density at radius 3 is 1.97 bits per heavy atom. The molecule has 6 nitrogen and oxygen atoms in total. The van der Waals surface area contributed by atoms with Crippen molar-refractivity contribution in [2.24, 2.45) is 5.10 Å². The van der Waals surface area contributed by atoms with Gasteiger partial charge in [0.25, 0.3) is 0 Å². The molecule has 11 aromatic rings. The van der Waals surface area contributed by atoms with E-state index in [1.54, 1.807) is 0 Å². The van der Waals surface area contributed by atoms with Gasteiger partial charge in [0, 0.05) is 68.2 Å². The normalized spacial score (nSPS) is 15.2. The zero-order valence-electron chi connectivity index (χ0n) is 39.8. The van der Waals surface area contributed by atoms with E-state index in [4.69, 9.17) is 0 Å². The second-order valence-electron chi connectivity index (χ2n) is 19.0. The van der Waals surface area contributed by atoms with E-state index in [2.05, 4.69) is 229 Å². The molecule has 1 aliphatic carbocycles. The van der Waals surface area contributed by atoms with Crippen LogP contribution in [0.2, 0.25) is 0 Å². The molecule has 9 aromatic carbocycles. The summed E-state index contributed by atoms with van der Waals surface area (Å²) in [6.45, 7) is 8.62. The summed E-state index contributed by atoms with van der Waals surface area (Å²) in [7, 11) is 0. The monoisotopic (exact) mass is 922 g/mol. The highest BCUT2D eigenvalue weighted by Gasteiger charge is 2.41. The number of fused-ring (bicyclic) bond motifs is 10. The summed E-state index contributed by atoms with van der Waals surface area (Å²) < 4.78 is 4.45. The Morgan fingerprint density at radius 1 is 0.542 bits per heavy atom. The van der Waals surface area contributed by atoms with Crippen molar-refractivity contribution < 1.29 is 0 Å². The van der Waals surface area contributed by atoms with E-state index in [0.717, 1.165) is 72.2 Å². The SMILES string of the molecule is C=Nn1c2ccccc2c2ccc3c(c21)C1C=CC=CC1N3c1cc(-c2ccc(C#N)cc2)ccc1-c1cc(C#N)ccc1[C@@H](C)c1ccc2c3ccccc3n(-c3ccccc3)c2c1-c1ccccc1C. The predicted molar refractivity (Wildman–Crippen MR) is 297 cm³/mol. The van der Waals surface area contributed by atoms with E-state index >= 15 is 0 Å². The van der Waals surface area contributed by atoms with Crippen LogP contribution in [-0.2, 0) is 0 Å². The van der Waals surface area contributed by atoms with Gasteiger partial charge in [0.2, 0.25) is 0 Å². The van der Waals surface area contributed by atoms with Crippen molar-refractivity contribution in [3.8, 4) is 51.2 Å². The third-order valence-electron chi connectivity index (χ3n) is 15.3. The first-order valence-corrected chi connectivity index (χ1v) is 24.5. The third-order valence-corrected chi connectivity index (χ3v) is 15.3. The van der Waals surface area contributed by atoms with Crippen molar-refractivity contribution in [1.82, 2.24) is 9.24 Å². The van der Waals surface area contributed by atoms with Gasteiger partial charge in [-0.15, -0.1) is 0 Å². The Kier molecular flexibility index (Phi) is 9.99. The van der Waals surface area contributed by atoms with Crippen molar-refractivity contribution in [3.63, 3.8) is 0 Å². The van der Waals surface area contributed by atoms with Gasteiger partial charge in [-0.3, -0.25) is 0 Å². The number of aromatic nitrogens is 2. The molecule has 2 aliphatic rings. The second-order valence-corrected chi connectivity index (χ2v) is 19.0. The van der Waals surface area contributed by atoms with Crippen LogP contribution in [0.5, 0.6) is 0 Å². The molecule has 0 amide bonds. The van der Waals surface area contributed by atoms with Gasteiger partial charge in [-0.2, -0.15) is 15.6 Å². The Balaban J connectivity index is 1.08. The van der Waals surface area contributed by atoms with Gasteiger partial charge in [-0.1, -0.05) is 159 Å². The summed E-state index contributed by atoms with van der Waals surface area (Å²) in [6.07, 6.45) is 8.95. The van der Waals surface area contributed by atoms with Crippen molar-refractivity contribution >= 4 is 61.7 Å². The van der Waals surface area contributed by atoms with Crippen LogP contribution in [0, 0.1) is 29.6 Å². The lowest BCUT2D eigenvalue weighted by Crippen LogP contribution is -2.29. The van der Waals surface area contributed by atoms with Crippen LogP contribution in [0.15, 0.2) is 217 Å². The highest BCUT2D eigenvalue weighted by molar-refractivity contribution is 6.15. The maximum absolute atomic E-state index is 10.7. The summed E-state index contributed by atoms with van der Waals surface area (Å²) in [5.41, 5.74) is 19.9. The Bertz CT molecular complexity index is 4190. The molecule has 0 saturated carbocycles. The molecule has 340 valence electrons. The van der Waals surface area contributed by atoms with E-state index in [-0.39, 0.29) is 17.9 Å². The number of nitriles is 2. The van der Waals surface area contributed by atoms with E-state index in [0.29, 0.717) is 11.1 Å². The quantitative estimate of drug-likeness (QED) is 0.143. The molecular weight excluding hydrogens is 877 g/mol. The molecule has 0 spiro atoms. The molecule has 3 heterocycles. The van der Waals surface area contributed by atoms with Gasteiger partial charge in [0.1, 0.15) is 0 Å². The van der Waals surface area contributed by atoms with Crippen molar-refractivity contribution in [2.45, 2.75) is 31.7 Å². The molecule has 6 heteroatoms. The standard InChI is InChI=1S/C66H46N6/c1-41-15-7-8-18-48(41)63-50(33-34-54-51-19-9-12-22-58(51)70(65(54)63)47-16-5-4-6-17-47)42(2)49-31-27-44(40-68)37-57(49)53-32-30-46(45-28-25-43(39-67)26-29-45)38-62(53)71-59-23-13-11-21-56(59)64-61(71)36-35-55-52-20-10-14-24-60(52)72(69-3)66(55)64/h4-38,42,56,59H,3H2,1-2H3/t42-,56?,59?/m1/s1. The first-order valence-electron chi connectivity index (χ1n) is 24.5. The number of nitrogens with zero attached hydrogens (tertiary/aromatic N) is 6. The lowest BCUT2D eigenvalue weighted by atomic mass is 9.81. The highest BCUT2D eigenvalue weighted by Crippen LogP contribution is 2.55. The zero-order chi connectivity index (χ0) is 48.6. The first kappa shape index (κ1) is 42.6. The topological polar surface area (TPSA) is 73.0 Å². The summed E-state index contributed by atoms with van der Waals surface area (Å²) in [5.74, 6) is -0.126. The fraction of sp³-hybridized carbons (Fsp3) is 0.0758. The lowest BCUT2D eigenvalue weighted by Gasteiger charge is -2.32. The van der Waals surface area contributed by atoms with Crippen molar-refractivity contribution in [2.75, 3.05) is 4.90 Å². The van der Waals surface area contributed by atoms with Gasteiger partial charge >= 0.3 is 0 Å². The number of para-hydroxylation sites is 3. The fourth-order valence-electron chi connectivity index (χ4n) is 12.0. The molecule has 0 N–H and O–H groups in total. The van der Waals surface area contributed by atoms with Crippen LogP contribution in [-0.4, -0.2) is 22.0 Å². The molecule has 0 radical (unpaired) electrons. The highest BCUT2D eigenvalue weighted by atomic mass is 15.3. The van der Waals surface area contributed by atoms with E-state index in [1.165, 1.54) is 44.1 Å². The van der Waals surface area contributed by atoms with Gasteiger partial charge in [-0.05, 0) is 107 Å². The molecule has 13 rings (SSSR count). The molecule has 1 aliphatic heterocycles. The molecular formula is C66H46N6. The molecule has 2 unspecified atom stereocenters. The molecule has 2 aromatic heterocycles. The van der Waals surface area contributed by atoms with Gasteiger partial charge in [-0.25, -0.2) is 4.68 Å². The lowest BCUT2D eigenvalue weighted by molar-refractivity contribution is 0.745. The van der Waals surface area contributed by atoms with E-state index in [9.17, 15) is 10.5 Å². The van der Waals surface area contributed by atoms with Crippen LogP contribution in [0.4, 0.5) is 11.4 Å². The van der Waals surface area contributed by atoms with Gasteiger partial charge in [0.05, 0.1) is 57.1 Å². The molecule has 0 saturated heterocycles. The van der Waals surface area contributed by atoms with Crippen LogP contribution in [0.25, 0.3) is 82.7 Å². The average molecular weight is 923 g/mol. The summed E-state index contributed by atoms with van der Waals surface area (Å²) in [5, 5.41) is 29.8. The minimum atomic E-state index is -0.134. The minimum absolute atomic E-state index is 0.00790. The number of anilines is 2. The molecule has 72 heavy (non-hydrogen) atoms. The number of benzene rings is 9. The largest absolute Gasteiger partial charge is 0.333 e. The van der Waals surface area contributed by atoms with E-state index < -0.39 is 0 Å². The van der Waals surface area contributed by atoms with Crippen molar-refractivity contribution in [3.05, 3.63) is 246 Å². The number of hydrogen-bond donors (Lipinski definition) is 0. The van der Waals surface area contributed by atoms with Crippen LogP contribution >= 0.6 is 0 Å². The first-order chi connectivity index (χ1) is 35.4. The molecule has 0 bridgehead atoms. The maximum atomic E-state index is 10.7. The average Bonchev–Trinajstić information content (AvgIpc) is 4.08. The van der Waals surface area contributed by atoms with E-state index in [1.807, 2.05) is 35.0 Å².